The highest BCUT2D eigenvalue weighted by Gasteiger charge is 2.16. The Morgan fingerprint density at radius 2 is 1.85 bits per heavy atom. The van der Waals surface area contributed by atoms with Crippen LogP contribution in [-0.4, -0.2) is 43.2 Å². The van der Waals surface area contributed by atoms with Crippen molar-refractivity contribution in [3.05, 3.63) is 65.2 Å². The minimum Gasteiger partial charge on any atom is -0.477 e. The van der Waals surface area contributed by atoms with Crippen LogP contribution < -0.4 is 4.90 Å². The molecule has 0 amide bonds. The maximum atomic E-state index is 11.3. The van der Waals surface area contributed by atoms with Crippen molar-refractivity contribution in [1.29, 1.82) is 0 Å². The maximum absolute atomic E-state index is 11.3. The number of H-pyrrole nitrogens is 1. The van der Waals surface area contributed by atoms with Crippen LogP contribution in [0.25, 0.3) is 22.5 Å². The maximum Gasteiger partial charge on any atom is 0.347 e. The van der Waals surface area contributed by atoms with Gasteiger partial charge in [-0.25, -0.2) is 9.78 Å². The largest absolute Gasteiger partial charge is 0.477 e. The van der Waals surface area contributed by atoms with Gasteiger partial charge in [-0.05, 0) is 28.3 Å². The van der Waals surface area contributed by atoms with E-state index in [1.807, 2.05) is 24.3 Å². The van der Waals surface area contributed by atoms with E-state index in [1.165, 1.54) is 30.4 Å². The van der Waals surface area contributed by atoms with Gasteiger partial charge in [-0.1, -0.05) is 86.1 Å². The summed E-state index contributed by atoms with van der Waals surface area (Å²) in [5.41, 5.74) is 4.16. The van der Waals surface area contributed by atoms with E-state index in [4.69, 9.17) is 0 Å². The molecule has 0 saturated heterocycles. The zero-order valence-corrected chi connectivity index (χ0v) is 19.3. The predicted octanol–water partition coefficient (Wildman–Crippen LogP) is 5.28. The van der Waals surface area contributed by atoms with Crippen LogP contribution in [0.5, 0.6) is 0 Å². The quantitative estimate of drug-likeness (QED) is 0.292. The summed E-state index contributed by atoms with van der Waals surface area (Å²) in [6, 6.07) is 16.4. The number of nitrogens with zero attached hydrogens (tertiary/aromatic N) is 5. The van der Waals surface area contributed by atoms with Crippen molar-refractivity contribution in [1.82, 2.24) is 25.6 Å². The van der Waals surface area contributed by atoms with E-state index in [0.29, 0.717) is 12.4 Å². The fraction of sp³-hybridized carbons (Fsp3) is 0.292. The Labute approximate surface area is 196 Å². The van der Waals surface area contributed by atoms with Gasteiger partial charge in [-0.2, -0.15) is 5.21 Å². The number of benzene rings is 2. The molecule has 0 atom stereocenters. The summed E-state index contributed by atoms with van der Waals surface area (Å²) in [6.45, 7) is 3.70. The van der Waals surface area contributed by atoms with E-state index in [2.05, 4.69) is 61.7 Å². The van der Waals surface area contributed by atoms with Crippen molar-refractivity contribution in [2.24, 2.45) is 0 Å². The molecule has 9 heteroatoms. The number of carboxylic acids is 1. The number of carboxylic acid groups (broad SMARTS) is 1. The van der Waals surface area contributed by atoms with Crippen LogP contribution in [-0.2, 0) is 6.54 Å². The third kappa shape index (κ3) is 5.61. The molecule has 0 spiro atoms. The van der Waals surface area contributed by atoms with Crippen LogP contribution >= 0.6 is 11.3 Å². The van der Waals surface area contributed by atoms with E-state index in [-0.39, 0.29) is 4.88 Å². The van der Waals surface area contributed by atoms with E-state index in [1.54, 1.807) is 0 Å². The molecule has 2 heterocycles. The van der Waals surface area contributed by atoms with Crippen LogP contribution in [0.1, 0.15) is 47.8 Å². The van der Waals surface area contributed by atoms with Crippen molar-refractivity contribution < 1.29 is 9.90 Å². The zero-order valence-electron chi connectivity index (χ0n) is 18.4. The number of hydrogen-bond donors (Lipinski definition) is 2. The number of carbonyl (C=O) groups is 1. The summed E-state index contributed by atoms with van der Waals surface area (Å²) < 4.78 is 0. The van der Waals surface area contributed by atoms with E-state index in [0.717, 1.165) is 46.8 Å². The lowest BCUT2D eigenvalue weighted by Gasteiger charge is -2.22. The zero-order chi connectivity index (χ0) is 23.0. The molecule has 4 aromatic rings. The summed E-state index contributed by atoms with van der Waals surface area (Å²) in [5, 5.41) is 24.4. The number of aromatic nitrogens is 5. The van der Waals surface area contributed by atoms with Gasteiger partial charge >= 0.3 is 5.97 Å². The summed E-state index contributed by atoms with van der Waals surface area (Å²) in [5.74, 6) is -0.375. The minimum atomic E-state index is -0.936. The first-order chi connectivity index (χ1) is 16.2. The Bertz CT molecular complexity index is 1170. The second-order valence-corrected chi connectivity index (χ2v) is 8.78. The lowest BCUT2D eigenvalue weighted by molar-refractivity contribution is 0.0702. The van der Waals surface area contributed by atoms with Gasteiger partial charge in [0.25, 0.3) is 0 Å². The Balaban J connectivity index is 1.53. The van der Waals surface area contributed by atoms with Crippen LogP contribution in [0, 0.1) is 0 Å². The number of anilines is 1. The molecule has 8 nitrogen and oxygen atoms in total. The minimum absolute atomic E-state index is 0.261. The second-order valence-electron chi connectivity index (χ2n) is 7.77. The summed E-state index contributed by atoms with van der Waals surface area (Å²) in [6.07, 6.45) is 6.01. The standard InChI is InChI=1S/C24H26N6O2S/c1-2-3-4-7-14-30(24-25-15-21(33-24)23(31)32)16-17-10-12-18(13-11-17)19-8-5-6-9-20(19)22-26-28-29-27-22/h5-6,8-13,15H,2-4,7,14,16H2,1H3,(H,31,32)(H,26,27,28,29). The lowest BCUT2D eigenvalue weighted by atomic mass is 9.98. The van der Waals surface area contributed by atoms with Crippen molar-refractivity contribution in [2.75, 3.05) is 11.4 Å². The molecule has 0 radical (unpaired) electrons. The van der Waals surface area contributed by atoms with Gasteiger partial charge in [0, 0.05) is 18.7 Å². The average molecular weight is 463 g/mol. The number of nitrogens with one attached hydrogen (secondary N) is 1. The van der Waals surface area contributed by atoms with Crippen LogP contribution in [0.4, 0.5) is 5.13 Å². The molecule has 0 aliphatic rings. The molecule has 2 aromatic carbocycles. The summed E-state index contributed by atoms with van der Waals surface area (Å²) in [7, 11) is 0. The van der Waals surface area contributed by atoms with Crippen molar-refractivity contribution in [3.63, 3.8) is 0 Å². The Morgan fingerprint density at radius 1 is 1.06 bits per heavy atom. The molecule has 0 aliphatic heterocycles. The number of thiazole rings is 1. The molecule has 33 heavy (non-hydrogen) atoms. The normalized spacial score (nSPS) is 10.9. The molecule has 0 aliphatic carbocycles. The van der Waals surface area contributed by atoms with Crippen molar-refractivity contribution in [3.8, 4) is 22.5 Å². The second kappa shape index (κ2) is 10.8. The molecular weight excluding hydrogens is 436 g/mol. The van der Waals surface area contributed by atoms with Gasteiger partial charge in [-0.3, -0.25) is 0 Å². The molecule has 0 fully saturated rings. The fourth-order valence-electron chi connectivity index (χ4n) is 3.70. The van der Waals surface area contributed by atoms with Crippen molar-refractivity contribution >= 4 is 22.4 Å². The molecule has 170 valence electrons. The Morgan fingerprint density at radius 3 is 2.52 bits per heavy atom. The SMILES string of the molecule is CCCCCCN(Cc1ccc(-c2ccccc2-c2nn[nH]n2)cc1)c1ncc(C(=O)O)s1. The van der Waals surface area contributed by atoms with Gasteiger partial charge in [0.1, 0.15) is 4.88 Å². The number of rotatable bonds is 11. The molecule has 2 N–H and O–H groups in total. The smallest absolute Gasteiger partial charge is 0.347 e. The summed E-state index contributed by atoms with van der Waals surface area (Å²) >= 11 is 1.23. The van der Waals surface area contributed by atoms with Crippen LogP contribution in [0.15, 0.2) is 54.7 Å². The molecular formula is C24H26N6O2S. The van der Waals surface area contributed by atoms with Crippen LogP contribution in [0.2, 0.25) is 0 Å². The van der Waals surface area contributed by atoms with Gasteiger partial charge in [0.2, 0.25) is 5.82 Å². The number of aromatic amines is 1. The summed E-state index contributed by atoms with van der Waals surface area (Å²) in [4.78, 5) is 18.1. The van der Waals surface area contributed by atoms with Gasteiger partial charge in [0.15, 0.2) is 5.13 Å². The van der Waals surface area contributed by atoms with Crippen LogP contribution in [0.3, 0.4) is 0 Å². The van der Waals surface area contributed by atoms with Gasteiger partial charge in [-0.15, -0.1) is 10.2 Å². The van der Waals surface area contributed by atoms with Crippen molar-refractivity contribution in [2.45, 2.75) is 39.2 Å². The Kier molecular flexibility index (Phi) is 7.41. The lowest BCUT2D eigenvalue weighted by Crippen LogP contribution is -2.23. The van der Waals surface area contributed by atoms with Gasteiger partial charge in [0.05, 0.1) is 6.20 Å². The highest BCUT2D eigenvalue weighted by Crippen LogP contribution is 2.30. The molecule has 0 saturated carbocycles. The first kappa shape index (κ1) is 22.6. The first-order valence-electron chi connectivity index (χ1n) is 11.0. The van der Waals surface area contributed by atoms with Gasteiger partial charge < -0.3 is 10.0 Å². The molecule has 0 unspecified atom stereocenters. The fourth-order valence-corrected chi connectivity index (χ4v) is 4.48. The number of aromatic carboxylic acids is 1. The Hall–Kier alpha value is -3.59. The third-order valence-corrected chi connectivity index (χ3v) is 6.45. The first-order valence-corrected chi connectivity index (χ1v) is 11.8. The molecule has 0 bridgehead atoms. The average Bonchev–Trinajstić information content (AvgIpc) is 3.54. The van der Waals surface area contributed by atoms with E-state index < -0.39 is 5.97 Å². The highest BCUT2D eigenvalue weighted by molar-refractivity contribution is 7.17. The topological polar surface area (TPSA) is 108 Å². The highest BCUT2D eigenvalue weighted by atomic mass is 32.1. The number of tetrazole rings is 1. The van der Waals surface area contributed by atoms with E-state index >= 15 is 0 Å². The third-order valence-electron chi connectivity index (χ3n) is 5.41. The predicted molar refractivity (Wildman–Crippen MR) is 129 cm³/mol. The molecule has 2 aromatic heterocycles. The van der Waals surface area contributed by atoms with E-state index in [9.17, 15) is 9.90 Å². The number of hydrogen-bond acceptors (Lipinski definition) is 7. The molecule has 4 rings (SSSR count). The monoisotopic (exact) mass is 462 g/mol. The number of unbranched alkanes of at least 4 members (excludes halogenated alkanes) is 3.